The largest absolute Gasteiger partial charge is 0.490 e. The molecule has 0 saturated carbocycles. The van der Waals surface area contributed by atoms with E-state index in [1.54, 1.807) is 7.11 Å². The molecule has 5 rings (SSSR count). The Bertz CT molecular complexity index is 1450. The van der Waals surface area contributed by atoms with E-state index in [9.17, 15) is 0 Å². The highest BCUT2D eigenvalue weighted by molar-refractivity contribution is 9.10. The maximum absolute atomic E-state index is 6.66. The van der Waals surface area contributed by atoms with Crippen LogP contribution in [0.25, 0.3) is 5.69 Å². The average Bonchev–Trinajstić information content (AvgIpc) is 3.41. The van der Waals surface area contributed by atoms with E-state index in [4.69, 9.17) is 33.3 Å². The van der Waals surface area contributed by atoms with Crippen LogP contribution in [0.1, 0.15) is 34.7 Å². The molecule has 1 fully saturated rings. The highest BCUT2D eigenvalue weighted by Crippen LogP contribution is 2.45. The van der Waals surface area contributed by atoms with Gasteiger partial charge in [-0.1, -0.05) is 33.6 Å². The number of nitrogens with one attached hydrogen (secondary N) is 1. The van der Waals surface area contributed by atoms with Gasteiger partial charge in [0.05, 0.1) is 29.4 Å². The molecule has 9 heteroatoms. The summed E-state index contributed by atoms with van der Waals surface area (Å²) in [6.07, 6.45) is 1.81. The van der Waals surface area contributed by atoms with Gasteiger partial charge in [-0.15, -0.1) is 0 Å². The second kappa shape index (κ2) is 11.5. The Morgan fingerprint density at radius 2 is 1.79 bits per heavy atom. The zero-order chi connectivity index (χ0) is 26.8. The molecular weight excluding hydrogens is 584 g/mol. The molecule has 0 radical (unpaired) electrons. The second-order valence-electron chi connectivity index (χ2n) is 9.09. The molecule has 2 atom stereocenters. The standard InChI is InChI=1S/C29H28BrClN4O2S/c1-18-16-23(19(2)34(18)21-9-7-20(30)8-10-21)28-27(25-6-4-5-13-32-25)33-29(38)35(28)22-11-12-26(24(31)17-22)37-15-14-36-3/h4-13,16-17,27-28H,14-15H2,1-3H3,(H,33,38)/t27-,28+/m1/s1. The van der Waals surface area contributed by atoms with E-state index in [2.05, 4.69) is 79.9 Å². The third-order valence-corrected chi connectivity index (χ3v) is 7.85. The fourth-order valence-corrected chi connectivity index (χ4v) is 5.85. The lowest BCUT2D eigenvalue weighted by atomic mass is 9.96. The summed E-state index contributed by atoms with van der Waals surface area (Å²) in [6.45, 7) is 5.19. The number of hydrogen-bond donors (Lipinski definition) is 1. The monoisotopic (exact) mass is 610 g/mol. The number of methoxy groups -OCH3 is 1. The van der Waals surface area contributed by atoms with Crippen LogP contribution in [-0.4, -0.2) is 35.0 Å². The van der Waals surface area contributed by atoms with Crippen molar-refractivity contribution in [1.29, 1.82) is 0 Å². The van der Waals surface area contributed by atoms with Gasteiger partial charge >= 0.3 is 0 Å². The minimum absolute atomic E-state index is 0.149. The van der Waals surface area contributed by atoms with E-state index >= 15 is 0 Å². The highest BCUT2D eigenvalue weighted by atomic mass is 79.9. The summed E-state index contributed by atoms with van der Waals surface area (Å²) in [5.41, 5.74) is 6.33. The number of thiocarbonyl (C=S) groups is 1. The molecule has 0 bridgehead atoms. The lowest BCUT2D eigenvalue weighted by molar-refractivity contribution is 0.146. The van der Waals surface area contributed by atoms with Gasteiger partial charge in [-0.25, -0.2) is 0 Å². The van der Waals surface area contributed by atoms with E-state index < -0.39 is 0 Å². The number of anilines is 1. The minimum Gasteiger partial charge on any atom is -0.490 e. The number of halogens is 2. The summed E-state index contributed by atoms with van der Waals surface area (Å²) in [5.74, 6) is 0.608. The third-order valence-electron chi connectivity index (χ3n) is 6.71. The fourth-order valence-electron chi connectivity index (χ4n) is 5.02. The van der Waals surface area contributed by atoms with Crippen LogP contribution < -0.4 is 15.0 Å². The number of pyridine rings is 1. The van der Waals surface area contributed by atoms with Gasteiger partial charge in [-0.3, -0.25) is 4.98 Å². The fraction of sp³-hybridized carbons (Fsp3) is 0.241. The number of benzene rings is 2. The van der Waals surface area contributed by atoms with Crippen molar-refractivity contribution in [3.05, 3.63) is 105 Å². The Kier molecular flexibility index (Phi) is 8.04. The highest BCUT2D eigenvalue weighted by Gasteiger charge is 2.42. The summed E-state index contributed by atoms with van der Waals surface area (Å²) in [5, 5.41) is 4.66. The molecule has 0 aliphatic carbocycles. The van der Waals surface area contributed by atoms with Gasteiger partial charge < -0.3 is 24.3 Å². The van der Waals surface area contributed by atoms with Crippen molar-refractivity contribution in [2.24, 2.45) is 0 Å². The summed E-state index contributed by atoms with van der Waals surface area (Å²) < 4.78 is 14.2. The summed E-state index contributed by atoms with van der Waals surface area (Å²) >= 11 is 16.1. The zero-order valence-corrected chi connectivity index (χ0v) is 24.5. The van der Waals surface area contributed by atoms with E-state index in [1.165, 1.54) is 0 Å². The molecule has 2 aromatic heterocycles. The average molecular weight is 612 g/mol. The van der Waals surface area contributed by atoms with Crippen LogP contribution in [-0.2, 0) is 4.74 Å². The molecule has 1 N–H and O–H groups in total. The molecule has 38 heavy (non-hydrogen) atoms. The first-order valence-electron chi connectivity index (χ1n) is 12.3. The Labute approximate surface area is 241 Å². The van der Waals surface area contributed by atoms with Gasteiger partial charge in [0.15, 0.2) is 5.11 Å². The van der Waals surface area contributed by atoms with Crippen molar-refractivity contribution in [1.82, 2.24) is 14.9 Å². The van der Waals surface area contributed by atoms with Crippen LogP contribution in [0.4, 0.5) is 5.69 Å². The maximum Gasteiger partial charge on any atom is 0.174 e. The normalized spacial score (nSPS) is 17.1. The van der Waals surface area contributed by atoms with Crippen molar-refractivity contribution < 1.29 is 9.47 Å². The molecule has 4 aromatic rings. The van der Waals surface area contributed by atoms with Crippen molar-refractivity contribution in [2.45, 2.75) is 25.9 Å². The molecule has 2 aromatic carbocycles. The second-order valence-corrected chi connectivity index (χ2v) is 10.8. The predicted molar refractivity (Wildman–Crippen MR) is 160 cm³/mol. The van der Waals surface area contributed by atoms with Crippen LogP contribution in [0.15, 0.2) is 77.4 Å². The summed E-state index contributed by atoms with van der Waals surface area (Å²) in [7, 11) is 1.64. The first-order chi connectivity index (χ1) is 18.4. The Morgan fingerprint density at radius 1 is 1.03 bits per heavy atom. The van der Waals surface area contributed by atoms with Gasteiger partial charge in [-0.05, 0) is 92.3 Å². The van der Waals surface area contributed by atoms with Crippen LogP contribution in [0.5, 0.6) is 5.75 Å². The molecule has 1 aliphatic heterocycles. The van der Waals surface area contributed by atoms with Crippen molar-refractivity contribution >= 4 is 50.5 Å². The molecule has 1 aliphatic rings. The van der Waals surface area contributed by atoms with Crippen molar-refractivity contribution in [3.8, 4) is 11.4 Å². The first-order valence-corrected chi connectivity index (χ1v) is 13.8. The predicted octanol–water partition coefficient (Wildman–Crippen LogP) is 7.11. The Hall–Kier alpha value is -2.91. The first kappa shape index (κ1) is 26.7. The van der Waals surface area contributed by atoms with Crippen LogP contribution in [0.3, 0.4) is 0 Å². The van der Waals surface area contributed by atoms with Gasteiger partial charge in [-0.2, -0.15) is 0 Å². The van der Waals surface area contributed by atoms with Crippen molar-refractivity contribution in [3.63, 3.8) is 0 Å². The zero-order valence-electron chi connectivity index (χ0n) is 21.3. The lowest BCUT2D eigenvalue weighted by Crippen LogP contribution is -2.29. The number of nitrogens with zero attached hydrogens (tertiary/aromatic N) is 3. The molecule has 6 nitrogen and oxygen atoms in total. The van der Waals surface area contributed by atoms with Crippen LogP contribution in [0, 0.1) is 13.8 Å². The van der Waals surface area contributed by atoms with E-state index in [0.29, 0.717) is 29.1 Å². The SMILES string of the molecule is COCCOc1ccc(N2C(=S)N[C@H](c3ccccn3)[C@@H]2c2cc(C)n(-c3ccc(Br)cc3)c2C)cc1Cl. The smallest absolute Gasteiger partial charge is 0.174 e. The number of rotatable bonds is 8. The van der Waals surface area contributed by atoms with E-state index in [-0.39, 0.29) is 12.1 Å². The van der Waals surface area contributed by atoms with Gasteiger partial charge in [0, 0.05) is 40.5 Å². The third kappa shape index (κ3) is 5.18. The van der Waals surface area contributed by atoms with Gasteiger partial charge in [0.1, 0.15) is 12.4 Å². The topological polar surface area (TPSA) is 51.6 Å². The summed E-state index contributed by atoms with van der Waals surface area (Å²) in [6, 6.07) is 22.0. The number of aryl methyl sites for hydroxylation is 1. The van der Waals surface area contributed by atoms with Gasteiger partial charge in [0.2, 0.25) is 0 Å². The van der Waals surface area contributed by atoms with Crippen LogP contribution in [0.2, 0.25) is 5.02 Å². The summed E-state index contributed by atoms with van der Waals surface area (Å²) in [4.78, 5) is 6.81. The van der Waals surface area contributed by atoms with Crippen molar-refractivity contribution in [2.75, 3.05) is 25.2 Å². The molecule has 0 spiro atoms. The van der Waals surface area contributed by atoms with E-state index in [1.807, 2.05) is 42.6 Å². The molecular formula is C29H28BrClN4O2S. The molecule has 1 saturated heterocycles. The molecule has 0 unspecified atom stereocenters. The van der Waals surface area contributed by atoms with Crippen LogP contribution >= 0.6 is 39.7 Å². The number of ether oxygens (including phenoxy) is 2. The molecule has 3 heterocycles. The quantitative estimate of drug-likeness (QED) is 0.169. The number of hydrogen-bond acceptors (Lipinski definition) is 4. The molecule has 0 amide bonds. The Morgan fingerprint density at radius 3 is 2.47 bits per heavy atom. The van der Waals surface area contributed by atoms with Gasteiger partial charge in [0.25, 0.3) is 0 Å². The minimum atomic E-state index is -0.154. The van der Waals surface area contributed by atoms with E-state index in [0.717, 1.165) is 38.5 Å². The lowest BCUT2D eigenvalue weighted by Gasteiger charge is -2.28. The maximum atomic E-state index is 6.66. The molecule has 196 valence electrons. The number of aromatic nitrogens is 2. The Balaban J connectivity index is 1.60.